The van der Waals surface area contributed by atoms with Crippen molar-refractivity contribution in [1.29, 1.82) is 0 Å². The van der Waals surface area contributed by atoms with Crippen LogP contribution in [0.2, 0.25) is 10.0 Å². The molecule has 0 aliphatic rings. The number of hydrogen-bond acceptors (Lipinski definition) is 5. The van der Waals surface area contributed by atoms with Crippen molar-refractivity contribution >= 4 is 63.2 Å². The summed E-state index contributed by atoms with van der Waals surface area (Å²) in [5.41, 5.74) is 0.928. The van der Waals surface area contributed by atoms with Gasteiger partial charge in [-0.25, -0.2) is 0 Å². The van der Waals surface area contributed by atoms with Gasteiger partial charge in [-0.2, -0.15) is 0 Å². The van der Waals surface area contributed by atoms with Crippen LogP contribution in [0, 0.1) is 0 Å². The van der Waals surface area contributed by atoms with Crippen molar-refractivity contribution in [3.05, 3.63) is 75.5 Å². The number of aromatic nitrogens is 4. The molecule has 0 saturated carbocycles. The third kappa shape index (κ3) is 3.94. The highest BCUT2D eigenvalue weighted by Gasteiger charge is 2.22. The predicted octanol–water partition coefficient (Wildman–Crippen LogP) is 4.66. The molecule has 1 amide bonds. The van der Waals surface area contributed by atoms with Crippen LogP contribution in [0.5, 0.6) is 0 Å². The maximum Gasteiger partial charge on any atom is 0.263 e. The van der Waals surface area contributed by atoms with E-state index < -0.39 is 5.25 Å². The number of benzene rings is 2. The molecule has 4 aromatic rings. The van der Waals surface area contributed by atoms with Crippen LogP contribution < -0.4 is 10.9 Å². The maximum absolute atomic E-state index is 12.9. The van der Waals surface area contributed by atoms with Crippen molar-refractivity contribution in [3.8, 4) is 0 Å². The first-order valence-corrected chi connectivity index (χ1v) is 10.9. The summed E-state index contributed by atoms with van der Waals surface area (Å²) in [5, 5.41) is 12.4. The molecule has 2 aromatic heterocycles. The van der Waals surface area contributed by atoms with E-state index in [9.17, 15) is 9.59 Å². The number of hydrogen-bond donors (Lipinski definition) is 1. The fourth-order valence-corrected chi connectivity index (χ4v) is 4.35. The van der Waals surface area contributed by atoms with Crippen LogP contribution in [0.25, 0.3) is 16.7 Å². The normalized spacial score (nSPS) is 12.2. The van der Waals surface area contributed by atoms with Gasteiger partial charge >= 0.3 is 0 Å². The van der Waals surface area contributed by atoms with Gasteiger partial charge in [0.15, 0.2) is 5.16 Å². The summed E-state index contributed by atoms with van der Waals surface area (Å²) >= 11 is 13.4. The monoisotopic (exact) mass is 473 g/mol. The fourth-order valence-electron chi connectivity index (χ4n) is 3.15. The van der Waals surface area contributed by atoms with Gasteiger partial charge in [0.2, 0.25) is 11.7 Å². The second-order valence-electron chi connectivity index (χ2n) is 6.69. The number of fused-ring (bicyclic) bond motifs is 3. The summed E-state index contributed by atoms with van der Waals surface area (Å²) in [6.07, 6.45) is 1.63. The second kappa shape index (κ2) is 8.74. The number of carbonyl (C=O) groups is 1. The molecule has 0 spiro atoms. The van der Waals surface area contributed by atoms with Crippen molar-refractivity contribution in [2.75, 3.05) is 5.32 Å². The topological polar surface area (TPSA) is 81.3 Å². The molecule has 2 aromatic carbocycles. The first kappa shape index (κ1) is 21.4. The first-order chi connectivity index (χ1) is 14.9. The molecule has 0 saturated heterocycles. The first-order valence-electron chi connectivity index (χ1n) is 9.31. The van der Waals surface area contributed by atoms with Crippen LogP contribution in [0.4, 0.5) is 5.69 Å². The minimum absolute atomic E-state index is 0.173. The summed E-state index contributed by atoms with van der Waals surface area (Å²) in [5.74, 6) is 0.117. The highest BCUT2D eigenvalue weighted by molar-refractivity contribution is 8.00. The van der Waals surface area contributed by atoms with E-state index in [-0.39, 0.29) is 16.5 Å². The standard InChI is InChI=1S/C21H17Cl2N5O2S/c1-3-11-27-19(30)13-7-4-5-10-16(13)28-20(27)25-26-21(28)31-12(2)18(29)24-15-9-6-8-14(22)17(15)23/h3-10,12H,1,11H2,2H3,(H,24,29)/t12-/m0/s1. The zero-order valence-electron chi connectivity index (χ0n) is 16.4. The summed E-state index contributed by atoms with van der Waals surface area (Å²) < 4.78 is 3.28. The van der Waals surface area contributed by atoms with Gasteiger partial charge in [0.25, 0.3) is 5.56 Å². The molecule has 158 valence electrons. The number of thioether (sulfide) groups is 1. The third-order valence-corrected chi connectivity index (χ3v) is 6.51. The van der Waals surface area contributed by atoms with Gasteiger partial charge in [-0.1, -0.05) is 59.2 Å². The van der Waals surface area contributed by atoms with E-state index in [0.29, 0.717) is 39.1 Å². The van der Waals surface area contributed by atoms with Crippen LogP contribution in [0.1, 0.15) is 6.92 Å². The number of nitrogens with one attached hydrogen (secondary N) is 1. The number of allylic oxidation sites excluding steroid dienone is 1. The molecule has 0 radical (unpaired) electrons. The van der Waals surface area contributed by atoms with Gasteiger partial charge in [-0.3, -0.25) is 18.6 Å². The van der Waals surface area contributed by atoms with Crippen molar-refractivity contribution in [1.82, 2.24) is 19.2 Å². The van der Waals surface area contributed by atoms with E-state index in [1.54, 1.807) is 47.7 Å². The van der Waals surface area contributed by atoms with E-state index in [0.717, 1.165) is 0 Å². The van der Waals surface area contributed by atoms with E-state index >= 15 is 0 Å². The molecule has 2 heterocycles. The SMILES string of the molecule is C=CCn1c(=O)c2ccccc2n2c(S[C@@H](C)C(=O)Nc3cccc(Cl)c3Cl)nnc12. The molecule has 1 N–H and O–H groups in total. The minimum atomic E-state index is -0.527. The molecule has 31 heavy (non-hydrogen) atoms. The molecule has 0 bridgehead atoms. The number of halogens is 2. The van der Waals surface area contributed by atoms with Gasteiger partial charge in [-0.15, -0.1) is 16.8 Å². The average Bonchev–Trinajstić information content (AvgIpc) is 3.17. The molecule has 0 aliphatic carbocycles. The van der Waals surface area contributed by atoms with E-state index in [4.69, 9.17) is 23.2 Å². The number of carbonyl (C=O) groups excluding carboxylic acids is 1. The second-order valence-corrected chi connectivity index (χ2v) is 8.78. The van der Waals surface area contributed by atoms with E-state index in [1.165, 1.54) is 16.3 Å². The quantitative estimate of drug-likeness (QED) is 0.325. The number of nitrogens with zero attached hydrogens (tertiary/aromatic N) is 4. The zero-order valence-corrected chi connectivity index (χ0v) is 18.7. The van der Waals surface area contributed by atoms with Crippen molar-refractivity contribution in [3.63, 3.8) is 0 Å². The Kier molecular flexibility index (Phi) is 6.04. The zero-order chi connectivity index (χ0) is 22.1. The smallest absolute Gasteiger partial charge is 0.263 e. The Balaban J connectivity index is 1.72. The Morgan fingerprint density at radius 1 is 1.23 bits per heavy atom. The van der Waals surface area contributed by atoms with Gasteiger partial charge in [0.1, 0.15) is 0 Å². The summed E-state index contributed by atoms with van der Waals surface area (Å²) in [7, 11) is 0. The van der Waals surface area contributed by atoms with Gasteiger partial charge in [0.05, 0.1) is 31.9 Å². The number of para-hydroxylation sites is 1. The summed E-state index contributed by atoms with van der Waals surface area (Å²) in [6.45, 7) is 5.76. The van der Waals surface area contributed by atoms with Crippen LogP contribution in [-0.4, -0.2) is 30.3 Å². The van der Waals surface area contributed by atoms with Crippen LogP contribution in [-0.2, 0) is 11.3 Å². The number of anilines is 1. The van der Waals surface area contributed by atoms with E-state index in [1.807, 2.05) is 12.1 Å². The fraction of sp³-hybridized carbons (Fsp3) is 0.143. The van der Waals surface area contributed by atoms with Crippen LogP contribution in [0.15, 0.2) is 65.1 Å². The predicted molar refractivity (Wildman–Crippen MR) is 125 cm³/mol. The summed E-state index contributed by atoms with van der Waals surface area (Å²) in [4.78, 5) is 25.6. The lowest BCUT2D eigenvalue weighted by molar-refractivity contribution is -0.115. The largest absolute Gasteiger partial charge is 0.324 e. The lowest BCUT2D eigenvalue weighted by Gasteiger charge is -2.13. The third-order valence-electron chi connectivity index (χ3n) is 4.65. The molecule has 7 nitrogen and oxygen atoms in total. The number of amides is 1. The van der Waals surface area contributed by atoms with Crippen LogP contribution in [0.3, 0.4) is 0 Å². The molecular formula is C21H17Cl2N5O2S. The molecule has 0 fully saturated rings. The van der Waals surface area contributed by atoms with Crippen molar-refractivity contribution in [2.24, 2.45) is 0 Å². The van der Waals surface area contributed by atoms with Crippen molar-refractivity contribution < 1.29 is 4.79 Å². The van der Waals surface area contributed by atoms with Crippen molar-refractivity contribution in [2.45, 2.75) is 23.9 Å². The van der Waals surface area contributed by atoms with Gasteiger partial charge in [-0.05, 0) is 31.2 Å². The summed E-state index contributed by atoms with van der Waals surface area (Å²) in [6, 6.07) is 12.2. The maximum atomic E-state index is 12.9. The Hall–Kier alpha value is -2.81. The highest BCUT2D eigenvalue weighted by Crippen LogP contribution is 2.31. The molecule has 0 aliphatic heterocycles. The number of rotatable bonds is 6. The molecule has 10 heteroatoms. The Morgan fingerprint density at radius 3 is 2.77 bits per heavy atom. The molecule has 4 rings (SSSR count). The average molecular weight is 474 g/mol. The molecular weight excluding hydrogens is 457 g/mol. The molecule has 0 unspecified atom stereocenters. The minimum Gasteiger partial charge on any atom is -0.324 e. The van der Waals surface area contributed by atoms with Crippen LogP contribution >= 0.6 is 35.0 Å². The molecule has 1 atom stereocenters. The Labute approximate surface area is 191 Å². The van der Waals surface area contributed by atoms with Gasteiger partial charge in [0, 0.05) is 6.54 Å². The lowest BCUT2D eigenvalue weighted by atomic mass is 10.2. The highest BCUT2D eigenvalue weighted by atomic mass is 35.5. The van der Waals surface area contributed by atoms with E-state index in [2.05, 4.69) is 22.1 Å². The van der Waals surface area contributed by atoms with Gasteiger partial charge < -0.3 is 5.32 Å². The Morgan fingerprint density at radius 2 is 2.00 bits per heavy atom. The lowest BCUT2D eigenvalue weighted by Crippen LogP contribution is -2.24. The Bertz CT molecular complexity index is 1380.